The van der Waals surface area contributed by atoms with Crippen LogP contribution in [0.25, 0.3) is 11.9 Å². The van der Waals surface area contributed by atoms with Crippen LogP contribution < -0.4 is 5.32 Å². The van der Waals surface area contributed by atoms with Crippen LogP contribution in [0.1, 0.15) is 43.3 Å². The van der Waals surface area contributed by atoms with E-state index in [0.717, 1.165) is 21.7 Å². The molecule has 0 aliphatic heterocycles. The molecule has 0 aliphatic carbocycles. The van der Waals surface area contributed by atoms with E-state index in [2.05, 4.69) is 15.4 Å². The number of hydrogen-bond acceptors (Lipinski definition) is 4. The fourth-order valence-electron chi connectivity index (χ4n) is 3.03. The van der Waals surface area contributed by atoms with Crippen LogP contribution >= 0.6 is 23.4 Å². The van der Waals surface area contributed by atoms with Crippen LogP contribution in [0.15, 0.2) is 53.6 Å². The Morgan fingerprint density at radius 2 is 1.97 bits per heavy atom. The average molecular weight is 473 g/mol. The molecule has 0 saturated heterocycles. The standard InChI is InChI=1S/C24H26ClFN4OS/c1-5-27-23(31)24(3,4)32-19-9-6-17(7-10-19)13-20(26)21-12-16(2)30(29-21)15-18-8-11-22(25)28-14-18/h6-14H,5,15H2,1-4H3,(H,27,31). The van der Waals surface area contributed by atoms with E-state index in [1.54, 1.807) is 23.0 Å². The van der Waals surface area contributed by atoms with Crippen LogP contribution in [0.5, 0.6) is 0 Å². The van der Waals surface area contributed by atoms with E-state index >= 15 is 0 Å². The summed E-state index contributed by atoms with van der Waals surface area (Å²) in [6.07, 6.45) is 3.14. The first-order valence-electron chi connectivity index (χ1n) is 10.3. The molecule has 0 unspecified atom stereocenters. The van der Waals surface area contributed by atoms with Gasteiger partial charge >= 0.3 is 0 Å². The summed E-state index contributed by atoms with van der Waals surface area (Å²) in [4.78, 5) is 17.2. The average Bonchev–Trinajstić information content (AvgIpc) is 3.11. The summed E-state index contributed by atoms with van der Waals surface area (Å²) < 4.78 is 16.0. The van der Waals surface area contributed by atoms with Crippen molar-refractivity contribution in [3.63, 3.8) is 0 Å². The molecule has 0 aliphatic rings. The lowest BCUT2D eigenvalue weighted by Crippen LogP contribution is -2.39. The van der Waals surface area contributed by atoms with Gasteiger partial charge in [0.25, 0.3) is 0 Å². The molecule has 3 aromatic rings. The summed E-state index contributed by atoms with van der Waals surface area (Å²) >= 11 is 7.30. The van der Waals surface area contributed by atoms with Gasteiger partial charge in [0, 0.05) is 23.3 Å². The first kappa shape index (κ1) is 24.0. The molecule has 2 aromatic heterocycles. The van der Waals surface area contributed by atoms with Crippen molar-refractivity contribution < 1.29 is 9.18 Å². The molecule has 168 valence electrons. The van der Waals surface area contributed by atoms with Crippen molar-refractivity contribution >= 4 is 41.2 Å². The minimum absolute atomic E-state index is 0.0136. The van der Waals surface area contributed by atoms with E-state index in [1.807, 2.05) is 58.0 Å². The SMILES string of the molecule is CCNC(=O)C(C)(C)Sc1ccc(C=C(F)c2cc(C)n(Cc3ccc(Cl)nc3)n2)cc1. The number of carbonyl (C=O) groups excluding carboxylic acids is 1. The molecule has 0 radical (unpaired) electrons. The Morgan fingerprint density at radius 1 is 1.25 bits per heavy atom. The highest BCUT2D eigenvalue weighted by Crippen LogP contribution is 2.33. The van der Waals surface area contributed by atoms with Gasteiger partial charge in [-0.05, 0) is 69.2 Å². The van der Waals surface area contributed by atoms with Gasteiger partial charge < -0.3 is 5.32 Å². The lowest BCUT2D eigenvalue weighted by Gasteiger charge is -2.22. The fourth-order valence-corrected chi connectivity index (χ4v) is 4.16. The maximum atomic E-state index is 14.9. The summed E-state index contributed by atoms with van der Waals surface area (Å²) in [7, 11) is 0. The third-order valence-electron chi connectivity index (χ3n) is 4.78. The van der Waals surface area contributed by atoms with Gasteiger partial charge in [0.2, 0.25) is 5.91 Å². The molecule has 2 heterocycles. The van der Waals surface area contributed by atoms with Gasteiger partial charge in [0.1, 0.15) is 10.8 Å². The molecule has 8 heteroatoms. The highest BCUT2D eigenvalue weighted by molar-refractivity contribution is 8.01. The molecule has 0 fully saturated rings. The second-order valence-corrected chi connectivity index (χ2v) is 9.93. The molecule has 3 rings (SSSR count). The summed E-state index contributed by atoms with van der Waals surface area (Å²) in [5, 5.41) is 7.67. The Morgan fingerprint density at radius 3 is 2.59 bits per heavy atom. The van der Waals surface area contributed by atoms with Crippen molar-refractivity contribution in [3.8, 4) is 0 Å². The highest BCUT2D eigenvalue weighted by atomic mass is 35.5. The number of thioether (sulfide) groups is 1. The summed E-state index contributed by atoms with van der Waals surface area (Å²) in [6.45, 7) is 8.63. The van der Waals surface area contributed by atoms with Gasteiger partial charge in [0.05, 0.1) is 11.3 Å². The van der Waals surface area contributed by atoms with E-state index in [1.165, 1.54) is 17.8 Å². The van der Waals surface area contributed by atoms with Gasteiger partial charge in [0.15, 0.2) is 5.83 Å². The smallest absolute Gasteiger partial charge is 0.236 e. The first-order chi connectivity index (χ1) is 15.2. The third-order valence-corrected chi connectivity index (χ3v) is 6.20. The van der Waals surface area contributed by atoms with E-state index in [0.29, 0.717) is 18.2 Å². The zero-order valence-corrected chi connectivity index (χ0v) is 20.1. The molecule has 1 amide bonds. The second-order valence-electron chi connectivity index (χ2n) is 7.85. The highest BCUT2D eigenvalue weighted by Gasteiger charge is 2.28. The number of pyridine rings is 1. The molecule has 0 atom stereocenters. The minimum atomic E-state index is -0.595. The van der Waals surface area contributed by atoms with Crippen LogP contribution in [0.3, 0.4) is 0 Å². The largest absolute Gasteiger partial charge is 0.355 e. The van der Waals surface area contributed by atoms with E-state index < -0.39 is 10.6 Å². The number of hydrogen-bond donors (Lipinski definition) is 1. The molecule has 1 aromatic carbocycles. The number of nitrogens with one attached hydrogen (secondary N) is 1. The Hall–Kier alpha value is -2.64. The normalized spacial score (nSPS) is 12.1. The number of carbonyl (C=O) groups is 1. The number of rotatable bonds is 8. The van der Waals surface area contributed by atoms with Gasteiger partial charge in [-0.2, -0.15) is 5.10 Å². The van der Waals surface area contributed by atoms with Crippen molar-refractivity contribution in [1.29, 1.82) is 0 Å². The molecule has 0 saturated carbocycles. The number of amides is 1. The molecule has 0 bridgehead atoms. The van der Waals surface area contributed by atoms with Crippen LogP contribution in [-0.4, -0.2) is 32.0 Å². The number of nitrogens with zero attached hydrogens (tertiary/aromatic N) is 3. The molecular formula is C24H26ClFN4OS. The van der Waals surface area contributed by atoms with Gasteiger partial charge in [-0.15, -0.1) is 11.8 Å². The lowest BCUT2D eigenvalue weighted by atomic mass is 10.2. The van der Waals surface area contributed by atoms with Gasteiger partial charge in [-0.1, -0.05) is 29.8 Å². The van der Waals surface area contributed by atoms with Crippen LogP contribution in [0.4, 0.5) is 4.39 Å². The Balaban J connectivity index is 1.71. The Kier molecular flexibility index (Phi) is 7.74. The number of aryl methyl sites for hydroxylation is 1. The molecule has 32 heavy (non-hydrogen) atoms. The zero-order valence-electron chi connectivity index (χ0n) is 18.5. The van der Waals surface area contributed by atoms with Crippen LogP contribution in [-0.2, 0) is 11.3 Å². The predicted octanol–water partition coefficient (Wildman–Crippen LogP) is 5.76. The fraction of sp³-hybridized carbons (Fsp3) is 0.292. The monoisotopic (exact) mass is 472 g/mol. The van der Waals surface area contributed by atoms with Crippen molar-refractivity contribution in [3.05, 3.63) is 76.3 Å². The molecule has 1 N–H and O–H groups in total. The predicted molar refractivity (Wildman–Crippen MR) is 129 cm³/mol. The van der Waals surface area contributed by atoms with E-state index in [-0.39, 0.29) is 11.6 Å². The maximum Gasteiger partial charge on any atom is 0.236 e. The van der Waals surface area contributed by atoms with Gasteiger partial charge in [-0.25, -0.2) is 9.37 Å². The lowest BCUT2D eigenvalue weighted by molar-refractivity contribution is -0.122. The maximum absolute atomic E-state index is 14.9. The van der Waals surface area contributed by atoms with E-state index in [9.17, 15) is 9.18 Å². The van der Waals surface area contributed by atoms with Gasteiger partial charge in [-0.3, -0.25) is 9.48 Å². The van der Waals surface area contributed by atoms with Crippen LogP contribution in [0, 0.1) is 6.92 Å². The zero-order chi connectivity index (χ0) is 23.3. The second kappa shape index (κ2) is 10.3. The number of benzene rings is 1. The van der Waals surface area contributed by atoms with Crippen molar-refractivity contribution in [2.45, 2.75) is 43.9 Å². The summed E-state index contributed by atoms with van der Waals surface area (Å²) in [5.74, 6) is -0.426. The van der Waals surface area contributed by atoms with Crippen LogP contribution in [0.2, 0.25) is 5.15 Å². The Bertz CT molecular complexity index is 1110. The Labute approximate surface area is 197 Å². The minimum Gasteiger partial charge on any atom is -0.355 e. The molecule has 0 spiro atoms. The number of halogens is 2. The summed E-state index contributed by atoms with van der Waals surface area (Å²) in [6, 6.07) is 12.8. The topological polar surface area (TPSA) is 59.8 Å². The number of aromatic nitrogens is 3. The first-order valence-corrected chi connectivity index (χ1v) is 11.5. The summed E-state index contributed by atoms with van der Waals surface area (Å²) in [5.41, 5.74) is 2.77. The molecule has 5 nitrogen and oxygen atoms in total. The van der Waals surface area contributed by atoms with E-state index in [4.69, 9.17) is 11.6 Å². The van der Waals surface area contributed by atoms with Crippen molar-refractivity contribution in [1.82, 2.24) is 20.1 Å². The molecular weight excluding hydrogens is 447 g/mol. The quantitative estimate of drug-likeness (QED) is 0.334. The third kappa shape index (κ3) is 6.20. The van der Waals surface area contributed by atoms with Crippen molar-refractivity contribution in [2.24, 2.45) is 0 Å². The van der Waals surface area contributed by atoms with Crippen molar-refractivity contribution in [2.75, 3.05) is 6.54 Å².